The molecule has 1 rings (SSSR count). The van der Waals surface area contributed by atoms with Crippen LogP contribution in [-0.4, -0.2) is 6.08 Å². The van der Waals surface area contributed by atoms with Gasteiger partial charge in [-0.05, 0) is 18.2 Å². The number of nitrogens with zero attached hydrogens (tertiary/aromatic N) is 1. The van der Waals surface area contributed by atoms with E-state index >= 15 is 0 Å². The van der Waals surface area contributed by atoms with E-state index in [-0.39, 0.29) is 6.07 Å². The maximum absolute atomic E-state index is 12.8. The van der Waals surface area contributed by atoms with Gasteiger partial charge in [0.1, 0.15) is 11.5 Å². The van der Waals surface area contributed by atoms with Gasteiger partial charge in [0, 0.05) is 0 Å². The summed E-state index contributed by atoms with van der Waals surface area (Å²) in [6.45, 7) is 0. The zero-order chi connectivity index (χ0) is 10.8. The highest BCUT2D eigenvalue weighted by molar-refractivity contribution is 5.50. The molecule has 0 unspecified atom stereocenters. The molecule has 0 saturated carbocycles. The van der Waals surface area contributed by atoms with E-state index in [4.69, 9.17) is 0 Å². The molecule has 0 aliphatic heterocycles. The van der Waals surface area contributed by atoms with Crippen molar-refractivity contribution >= 4 is 11.8 Å². The molecule has 0 saturated heterocycles. The standard InChI is InChI=1S/C8H3F4NO/c9-6-3-5(8(10,11)12)1-2-7(6)13-4-14/h1-3H. The third kappa shape index (κ3) is 2.17. The molecule has 6 heteroatoms. The van der Waals surface area contributed by atoms with E-state index in [9.17, 15) is 22.4 Å². The SMILES string of the molecule is O=C=Nc1ccc(C(F)(F)F)cc1F. The molecule has 0 aromatic heterocycles. The first kappa shape index (κ1) is 10.4. The molecule has 1 aromatic rings. The predicted molar refractivity (Wildman–Crippen MR) is 39.2 cm³/mol. The largest absolute Gasteiger partial charge is 0.416 e. The Labute approximate surface area is 75.9 Å². The molecule has 2 nitrogen and oxygen atoms in total. The molecule has 14 heavy (non-hydrogen) atoms. The second-order valence-electron chi connectivity index (χ2n) is 2.37. The van der Waals surface area contributed by atoms with Crippen molar-refractivity contribution in [2.24, 2.45) is 4.99 Å². The number of isocyanates is 1. The smallest absolute Gasteiger partial charge is 0.211 e. The minimum Gasteiger partial charge on any atom is -0.211 e. The van der Waals surface area contributed by atoms with Crippen LogP contribution in [0.5, 0.6) is 0 Å². The van der Waals surface area contributed by atoms with E-state index in [2.05, 4.69) is 4.99 Å². The zero-order valence-electron chi connectivity index (χ0n) is 6.60. The second kappa shape index (κ2) is 3.59. The van der Waals surface area contributed by atoms with Gasteiger partial charge in [0.25, 0.3) is 0 Å². The number of carbonyl (C=O) groups excluding carboxylic acids is 1. The third-order valence-electron chi connectivity index (χ3n) is 1.44. The van der Waals surface area contributed by atoms with E-state index < -0.39 is 23.2 Å². The first-order valence-corrected chi connectivity index (χ1v) is 3.40. The van der Waals surface area contributed by atoms with Crippen molar-refractivity contribution in [2.45, 2.75) is 6.18 Å². The van der Waals surface area contributed by atoms with Crippen molar-refractivity contribution in [3.8, 4) is 0 Å². The van der Waals surface area contributed by atoms with Gasteiger partial charge in [-0.1, -0.05) is 0 Å². The lowest BCUT2D eigenvalue weighted by Crippen LogP contribution is -2.04. The van der Waals surface area contributed by atoms with Crippen LogP contribution in [0.1, 0.15) is 5.56 Å². The summed E-state index contributed by atoms with van der Waals surface area (Å²) in [6.07, 6.45) is -3.57. The van der Waals surface area contributed by atoms with Crippen LogP contribution in [0.4, 0.5) is 23.2 Å². The average molecular weight is 205 g/mol. The first-order valence-electron chi connectivity index (χ1n) is 3.40. The second-order valence-corrected chi connectivity index (χ2v) is 2.37. The van der Waals surface area contributed by atoms with Gasteiger partial charge in [-0.15, -0.1) is 0 Å². The van der Waals surface area contributed by atoms with Crippen LogP contribution in [0.2, 0.25) is 0 Å². The van der Waals surface area contributed by atoms with Crippen molar-refractivity contribution in [1.29, 1.82) is 0 Å². The molecule has 0 bridgehead atoms. The molecule has 0 spiro atoms. The molecule has 0 heterocycles. The Hall–Kier alpha value is -1.68. The average Bonchev–Trinajstić information content (AvgIpc) is 2.07. The Morgan fingerprint density at radius 1 is 1.29 bits per heavy atom. The molecular formula is C8H3F4NO. The fourth-order valence-electron chi connectivity index (χ4n) is 0.823. The van der Waals surface area contributed by atoms with Crippen LogP contribution >= 0.6 is 0 Å². The van der Waals surface area contributed by atoms with Crippen molar-refractivity contribution in [2.75, 3.05) is 0 Å². The third-order valence-corrected chi connectivity index (χ3v) is 1.44. The van der Waals surface area contributed by atoms with Gasteiger partial charge in [-0.25, -0.2) is 9.18 Å². The summed E-state index contributed by atoms with van der Waals surface area (Å²) in [5, 5.41) is 0. The molecule has 0 amide bonds. The lowest BCUT2D eigenvalue weighted by atomic mass is 10.2. The van der Waals surface area contributed by atoms with Crippen LogP contribution in [0, 0.1) is 5.82 Å². The van der Waals surface area contributed by atoms with Crippen LogP contribution in [0.25, 0.3) is 0 Å². The summed E-state index contributed by atoms with van der Waals surface area (Å²) in [7, 11) is 0. The molecular weight excluding hydrogens is 202 g/mol. The molecule has 0 radical (unpaired) electrons. The van der Waals surface area contributed by atoms with Crippen molar-refractivity contribution < 1.29 is 22.4 Å². The minimum absolute atomic E-state index is 0.274. The number of rotatable bonds is 1. The number of alkyl halides is 3. The summed E-state index contributed by atoms with van der Waals surface area (Å²) in [5.74, 6) is -1.21. The Balaban J connectivity index is 3.19. The van der Waals surface area contributed by atoms with Crippen LogP contribution in [-0.2, 0) is 11.0 Å². The molecule has 74 valence electrons. The fraction of sp³-hybridized carbons (Fsp3) is 0.125. The van der Waals surface area contributed by atoms with E-state index in [1.807, 2.05) is 0 Å². The van der Waals surface area contributed by atoms with Crippen molar-refractivity contribution in [1.82, 2.24) is 0 Å². The van der Waals surface area contributed by atoms with Gasteiger partial charge >= 0.3 is 6.18 Å². The number of hydrogen-bond donors (Lipinski definition) is 0. The monoisotopic (exact) mass is 205 g/mol. The number of benzene rings is 1. The van der Waals surface area contributed by atoms with E-state index in [0.717, 1.165) is 12.1 Å². The van der Waals surface area contributed by atoms with Crippen LogP contribution in [0.3, 0.4) is 0 Å². The van der Waals surface area contributed by atoms with E-state index in [0.29, 0.717) is 6.07 Å². The normalized spacial score (nSPS) is 10.9. The topological polar surface area (TPSA) is 29.4 Å². The predicted octanol–water partition coefficient (Wildman–Crippen LogP) is 2.81. The Morgan fingerprint density at radius 2 is 1.93 bits per heavy atom. The summed E-state index contributed by atoms with van der Waals surface area (Å²) in [4.78, 5) is 12.6. The van der Waals surface area contributed by atoms with Gasteiger partial charge in [-0.3, -0.25) is 0 Å². The van der Waals surface area contributed by atoms with E-state index in [1.165, 1.54) is 0 Å². The summed E-state index contributed by atoms with van der Waals surface area (Å²) in [6, 6.07) is 1.68. The van der Waals surface area contributed by atoms with Crippen LogP contribution < -0.4 is 0 Å². The minimum atomic E-state index is -4.61. The molecule has 0 fully saturated rings. The molecule has 0 aliphatic carbocycles. The molecule has 0 atom stereocenters. The van der Waals surface area contributed by atoms with Gasteiger partial charge in [-0.2, -0.15) is 18.2 Å². The maximum atomic E-state index is 12.8. The Morgan fingerprint density at radius 3 is 2.36 bits per heavy atom. The summed E-state index contributed by atoms with van der Waals surface area (Å²) in [5.41, 5.74) is -1.59. The quantitative estimate of drug-likeness (QED) is 0.393. The Bertz CT molecular complexity index is 393. The van der Waals surface area contributed by atoms with Crippen molar-refractivity contribution in [3.05, 3.63) is 29.6 Å². The lowest BCUT2D eigenvalue weighted by Gasteiger charge is -2.06. The van der Waals surface area contributed by atoms with Gasteiger partial charge in [0.2, 0.25) is 6.08 Å². The maximum Gasteiger partial charge on any atom is 0.416 e. The first-order chi connectivity index (χ1) is 6.45. The molecule has 1 aromatic carbocycles. The van der Waals surface area contributed by atoms with E-state index in [1.54, 1.807) is 0 Å². The van der Waals surface area contributed by atoms with Crippen LogP contribution in [0.15, 0.2) is 23.2 Å². The number of hydrogen-bond acceptors (Lipinski definition) is 2. The van der Waals surface area contributed by atoms with Gasteiger partial charge in [0.05, 0.1) is 5.56 Å². The zero-order valence-corrected chi connectivity index (χ0v) is 6.60. The van der Waals surface area contributed by atoms with Gasteiger partial charge < -0.3 is 0 Å². The number of aliphatic imine (C=N–C) groups is 1. The molecule has 0 aliphatic rings. The highest BCUT2D eigenvalue weighted by Gasteiger charge is 2.31. The highest BCUT2D eigenvalue weighted by atomic mass is 19.4. The molecule has 0 N–H and O–H groups in total. The Kier molecular flexibility index (Phi) is 2.67. The lowest BCUT2D eigenvalue weighted by molar-refractivity contribution is -0.137. The fourth-order valence-corrected chi connectivity index (χ4v) is 0.823. The summed E-state index contributed by atoms with van der Waals surface area (Å²) < 4.78 is 48.8. The van der Waals surface area contributed by atoms with Gasteiger partial charge in [0.15, 0.2) is 0 Å². The van der Waals surface area contributed by atoms with Crippen molar-refractivity contribution in [3.63, 3.8) is 0 Å². The highest BCUT2D eigenvalue weighted by Crippen LogP contribution is 2.31. The number of halogens is 4. The summed E-state index contributed by atoms with van der Waals surface area (Å²) >= 11 is 0.